The number of para-hydroxylation sites is 2. The van der Waals surface area contributed by atoms with Crippen molar-refractivity contribution in [2.45, 2.75) is 32.0 Å². The van der Waals surface area contributed by atoms with Gasteiger partial charge in [0, 0.05) is 57.2 Å². The van der Waals surface area contributed by atoms with E-state index in [1.807, 2.05) is 23.5 Å². The Kier molecular flexibility index (Phi) is 9.35. The van der Waals surface area contributed by atoms with Crippen molar-refractivity contribution in [3.63, 3.8) is 0 Å². The molecule has 4 rings (SSSR count). The number of ether oxygens (including phenoxy) is 1. The number of hydrogen-bond donors (Lipinski definition) is 2. The Hall–Kier alpha value is -1.66. The van der Waals surface area contributed by atoms with Crippen LogP contribution in [0.2, 0.25) is 0 Å². The predicted molar refractivity (Wildman–Crippen MR) is 137 cm³/mol. The lowest BCUT2D eigenvalue weighted by Gasteiger charge is -2.27. The van der Waals surface area contributed by atoms with Crippen LogP contribution >= 0.6 is 35.3 Å². The molecule has 0 spiro atoms. The minimum atomic E-state index is -2.83. The molecule has 1 atom stereocenters. The first kappa shape index (κ1) is 25.0. The number of anilines is 1. The van der Waals surface area contributed by atoms with Crippen molar-refractivity contribution in [2.75, 3.05) is 44.7 Å². The second-order valence-corrected chi connectivity index (χ2v) is 8.82. The van der Waals surface area contributed by atoms with Gasteiger partial charge < -0.3 is 20.3 Å². The van der Waals surface area contributed by atoms with Gasteiger partial charge in [0.2, 0.25) is 0 Å². The molecule has 10 heteroatoms. The van der Waals surface area contributed by atoms with Crippen molar-refractivity contribution in [3.05, 3.63) is 46.2 Å². The Morgan fingerprint density at radius 1 is 1.28 bits per heavy atom. The number of alkyl halides is 2. The van der Waals surface area contributed by atoms with Crippen molar-refractivity contribution in [3.8, 4) is 5.75 Å². The summed E-state index contributed by atoms with van der Waals surface area (Å²) in [5.74, 6) is 0.994. The molecule has 2 N–H and O–H groups in total. The molecule has 0 amide bonds. The van der Waals surface area contributed by atoms with Gasteiger partial charge in [0.25, 0.3) is 0 Å². The zero-order chi connectivity index (χ0) is 21.6. The lowest BCUT2D eigenvalue weighted by atomic mass is 10.1. The average molecular weight is 577 g/mol. The van der Waals surface area contributed by atoms with Crippen molar-refractivity contribution >= 4 is 47.0 Å². The zero-order valence-corrected chi connectivity index (χ0v) is 21.2. The van der Waals surface area contributed by atoms with Crippen LogP contribution in [0, 0.1) is 0 Å². The van der Waals surface area contributed by atoms with E-state index in [9.17, 15) is 8.78 Å². The first-order chi connectivity index (χ1) is 15.1. The second-order valence-electron chi connectivity index (χ2n) is 7.82. The molecule has 2 aliphatic heterocycles. The smallest absolute Gasteiger partial charge is 0.387 e. The standard InChI is InChI=1S/C22H29F2N5OS.HI/c1-25-22(26-9-12-28-10-7-20-16(14-28)8-13-31-20)27-17-6-11-29(15-17)18-4-2-3-5-19(18)30-21(23)24;/h2-5,8,13,17,21H,6-7,9-12,14-15H2,1H3,(H2,25,26,27);1H. The molecular formula is C22H30F2IN5OS. The fourth-order valence-electron chi connectivity index (χ4n) is 4.23. The summed E-state index contributed by atoms with van der Waals surface area (Å²) in [5, 5.41) is 9.06. The molecule has 0 aliphatic carbocycles. The molecule has 1 aromatic heterocycles. The monoisotopic (exact) mass is 577 g/mol. The number of rotatable bonds is 7. The molecule has 6 nitrogen and oxygen atoms in total. The Morgan fingerprint density at radius 2 is 2.12 bits per heavy atom. The highest BCUT2D eigenvalue weighted by Crippen LogP contribution is 2.31. The van der Waals surface area contributed by atoms with Crippen LogP contribution in [-0.4, -0.2) is 63.3 Å². The predicted octanol–water partition coefficient (Wildman–Crippen LogP) is 3.77. The summed E-state index contributed by atoms with van der Waals surface area (Å²) in [7, 11) is 1.77. The van der Waals surface area contributed by atoms with Crippen LogP contribution in [0.3, 0.4) is 0 Å². The fourth-order valence-corrected chi connectivity index (χ4v) is 5.12. The largest absolute Gasteiger partial charge is 0.433 e. The first-order valence-electron chi connectivity index (χ1n) is 10.7. The molecule has 1 saturated heterocycles. The van der Waals surface area contributed by atoms with E-state index in [0.717, 1.165) is 51.5 Å². The topological polar surface area (TPSA) is 52.1 Å². The van der Waals surface area contributed by atoms with E-state index in [1.165, 1.54) is 10.4 Å². The molecule has 0 radical (unpaired) electrons. The van der Waals surface area contributed by atoms with Crippen molar-refractivity contribution in [1.82, 2.24) is 15.5 Å². The summed E-state index contributed by atoms with van der Waals surface area (Å²) in [5.41, 5.74) is 2.16. The highest BCUT2D eigenvalue weighted by atomic mass is 127. The number of benzene rings is 1. The van der Waals surface area contributed by atoms with Gasteiger partial charge in [-0.2, -0.15) is 8.78 Å². The van der Waals surface area contributed by atoms with Gasteiger partial charge >= 0.3 is 6.61 Å². The quantitative estimate of drug-likeness (QED) is 0.298. The Balaban J connectivity index is 0.00000289. The van der Waals surface area contributed by atoms with Gasteiger partial charge in [-0.1, -0.05) is 12.1 Å². The molecule has 0 saturated carbocycles. The normalized spacial score (nSPS) is 18.9. The van der Waals surface area contributed by atoms with Crippen molar-refractivity contribution in [2.24, 2.45) is 4.99 Å². The lowest BCUT2D eigenvalue weighted by molar-refractivity contribution is -0.0495. The Morgan fingerprint density at radius 3 is 2.94 bits per heavy atom. The Bertz CT molecular complexity index is 897. The van der Waals surface area contributed by atoms with E-state index < -0.39 is 6.61 Å². The molecule has 176 valence electrons. The number of hydrogen-bond acceptors (Lipinski definition) is 5. The number of thiophene rings is 1. The highest BCUT2D eigenvalue weighted by molar-refractivity contribution is 14.0. The fraction of sp³-hybridized carbons (Fsp3) is 0.500. The van der Waals surface area contributed by atoms with E-state index in [1.54, 1.807) is 19.2 Å². The number of nitrogens with zero attached hydrogens (tertiary/aromatic N) is 3. The molecule has 1 fully saturated rings. The van der Waals surface area contributed by atoms with Gasteiger partial charge in [-0.25, -0.2) is 0 Å². The highest BCUT2D eigenvalue weighted by Gasteiger charge is 2.26. The molecule has 1 unspecified atom stereocenters. The molecule has 1 aromatic carbocycles. The third-order valence-electron chi connectivity index (χ3n) is 5.78. The van der Waals surface area contributed by atoms with Crippen LogP contribution in [0.1, 0.15) is 16.9 Å². The summed E-state index contributed by atoms with van der Waals surface area (Å²) < 4.78 is 30.1. The number of aliphatic imine (C=N–C) groups is 1. The molecule has 3 heterocycles. The summed E-state index contributed by atoms with van der Waals surface area (Å²) in [6.45, 7) is 2.55. The third-order valence-corrected chi connectivity index (χ3v) is 6.80. The maximum absolute atomic E-state index is 12.7. The van der Waals surface area contributed by atoms with E-state index >= 15 is 0 Å². The van der Waals surface area contributed by atoms with E-state index in [2.05, 4.69) is 41.6 Å². The minimum Gasteiger partial charge on any atom is -0.433 e. The summed E-state index contributed by atoms with van der Waals surface area (Å²) in [4.78, 5) is 10.4. The zero-order valence-electron chi connectivity index (χ0n) is 18.1. The van der Waals surface area contributed by atoms with Crippen LogP contribution in [0.4, 0.5) is 14.5 Å². The third kappa shape index (κ3) is 6.44. The van der Waals surface area contributed by atoms with Crippen LogP contribution < -0.4 is 20.3 Å². The van der Waals surface area contributed by atoms with Gasteiger partial charge in [-0.3, -0.25) is 9.89 Å². The number of halogens is 3. The van der Waals surface area contributed by atoms with Gasteiger partial charge in [0.15, 0.2) is 5.96 Å². The van der Waals surface area contributed by atoms with E-state index in [0.29, 0.717) is 12.2 Å². The second kappa shape index (κ2) is 12.0. The first-order valence-corrected chi connectivity index (χ1v) is 11.5. The van der Waals surface area contributed by atoms with Crippen LogP contribution in [0.5, 0.6) is 5.75 Å². The number of fused-ring (bicyclic) bond motifs is 1. The summed E-state index contributed by atoms with van der Waals surface area (Å²) >= 11 is 1.86. The van der Waals surface area contributed by atoms with Gasteiger partial charge in [0.05, 0.1) is 5.69 Å². The van der Waals surface area contributed by atoms with Crippen LogP contribution in [0.25, 0.3) is 0 Å². The molecule has 0 bridgehead atoms. The summed E-state index contributed by atoms with van der Waals surface area (Å²) in [6, 6.07) is 9.38. The maximum Gasteiger partial charge on any atom is 0.387 e. The van der Waals surface area contributed by atoms with Gasteiger partial charge in [-0.05, 0) is 42.0 Å². The summed E-state index contributed by atoms with van der Waals surface area (Å²) in [6.07, 6.45) is 2.03. The van der Waals surface area contributed by atoms with Crippen molar-refractivity contribution in [1.29, 1.82) is 0 Å². The molecule has 2 aliphatic rings. The minimum absolute atomic E-state index is 0. The molecule has 2 aromatic rings. The van der Waals surface area contributed by atoms with Gasteiger partial charge in [0.1, 0.15) is 5.75 Å². The number of nitrogens with one attached hydrogen (secondary N) is 2. The van der Waals surface area contributed by atoms with Gasteiger partial charge in [-0.15, -0.1) is 35.3 Å². The SMILES string of the molecule is CN=C(NCCN1CCc2sccc2C1)NC1CCN(c2ccccc2OC(F)F)C1.I. The Labute approximate surface area is 209 Å². The van der Waals surface area contributed by atoms with E-state index in [4.69, 9.17) is 0 Å². The van der Waals surface area contributed by atoms with Crippen molar-refractivity contribution < 1.29 is 13.5 Å². The van der Waals surface area contributed by atoms with Crippen LogP contribution in [-0.2, 0) is 13.0 Å². The maximum atomic E-state index is 12.7. The number of guanidine groups is 1. The molecule has 32 heavy (non-hydrogen) atoms. The average Bonchev–Trinajstić information content (AvgIpc) is 3.42. The van der Waals surface area contributed by atoms with Crippen LogP contribution in [0.15, 0.2) is 40.7 Å². The van der Waals surface area contributed by atoms with E-state index in [-0.39, 0.29) is 35.8 Å². The lowest BCUT2D eigenvalue weighted by Crippen LogP contribution is -2.47. The molecular weight excluding hydrogens is 547 g/mol.